The molecule has 0 bridgehead atoms. The van der Waals surface area contributed by atoms with Gasteiger partial charge in [-0.25, -0.2) is 0 Å². The minimum atomic E-state index is 0.380. The monoisotopic (exact) mass is 247 g/mol. The number of hydrogen-bond donors (Lipinski definition) is 0. The highest BCUT2D eigenvalue weighted by Gasteiger charge is 2.30. The van der Waals surface area contributed by atoms with Crippen molar-refractivity contribution >= 4 is 0 Å². The fourth-order valence-corrected chi connectivity index (χ4v) is 2.60. The molecule has 0 unspecified atom stereocenters. The fourth-order valence-electron chi connectivity index (χ4n) is 2.60. The van der Waals surface area contributed by atoms with Gasteiger partial charge in [0.1, 0.15) is 11.9 Å². The number of likely N-dealkylation sites (tertiary alicyclic amines) is 1. The van der Waals surface area contributed by atoms with Crippen molar-refractivity contribution in [2.75, 3.05) is 26.3 Å². The van der Waals surface area contributed by atoms with Crippen LogP contribution in [-0.2, 0) is 4.74 Å². The first-order chi connectivity index (χ1) is 8.81. The summed E-state index contributed by atoms with van der Waals surface area (Å²) in [6.07, 6.45) is 2.64. The minimum absolute atomic E-state index is 0.380. The average molecular weight is 247 g/mol. The van der Waals surface area contributed by atoms with Crippen LogP contribution in [0.2, 0.25) is 0 Å². The molecule has 2 fully saturated rings. The Morgan fingerprint density at radius 1 is 1.11 bits per heavy atom. The Morgan fingerprint density at radius 3 is 2.33 bits per heavy atom. The second-order valence-corrected chi connectivity index (χ2v) is 5.36. The highest BCUT2D eigenvalue weighted by atomic mass is 16.5. The van der Waals surface area contributed by atoms with Crippen molar-refractivity contribution in [1.29, 1.82) is 0 Å². The minimum Gasteiger partial charge on any atom is -0.490 e. The van der Waals surface area contributed by atoms with Gasteiger partial charge >= 0.3 is 0 Å². The predicted molar refractivity (Wildman–Crippen MR) is 71.0 cm³/mol. The first-order valence-electron chi connectivity index (χ1n) is 6.86. The third kappa shape index (κ3) is 2.68. The fraction of sp³-hybridized carbons (Fsp3) is 0.600. The molecule has 0 spiro atoms. The zero-order valence-electron chi connectivity index (χ0n) is 11.0. The van der Waals surface area contributed by atoms with Crippen molar-refractivity contribution in [2.45, 2.75) is 31.9 Å². The average Bonchev–Trinajstić information content (AvgIpc) is 2.32. The molecule has 0 N–H and O–H groups in total. The summed E-state index contributed by atoms with van der Waals surface area (Å²) in [7, 11) is 0. The van der Waals surface area contributed by atoms with Gasteiger partial charge in [-0.05, 0) is 31.9 Å². The van der Waals surface area contributed by atoms with E-state index in [1.54, 1.807) is 0 Å². The smallest absolute Gasteiger partial charge is 0.119 e. The van der Waals surface area contributed by atoms with Crippen LogP contribution in [0.1, 0.15) is 18.4 Å². The second-order valence-electron chi connectivity index (χ2n) is 5.36. The largest absolute Gasteiger partial charge is 0.490 e. The zero-order chi connectivity index (χ0) is 12.4. The lowest BCUT2D eigenvalue weighted by atomic mass is 10.0. The molecule has 0 atom stereocenters. The molecular formula is C15H21NO2. The van der Waals surface area contributed by atoms with Crippen LogP contribution >= 0.6 is 0 Å². The summed E-state index contributed by atoms with van der Waals surface area (Å²) < 4.78 is 11.3. The molecular weight excluding hydrogens is 226 g/mol. The molecule has 18 heavy (non-hydrogen) atoms. The molecule has 1 aromatic rings. The molecule has 2 aliphatic heterocycles. The lowest BCUT2D eigenvalue weighted by Gasteiger charge is -2.41. The van der Waals surface area contributed by atoms with Gasteiger partial charge in [-0.2, -0.15) is 0 Å². The van der Waals surface area contributed by atoms with E-state index in [4.69, 9.17) is 9.47 Å². The first kappa shape index (κ1) is 12.0. The summed E-state index contributed by atoms with van der Waals surface area (Å²) in [5.74, 6) is 1.01. The van der Waals surface area contributed by atoms with Crippen molar-refractivity contribution in [2.24, 2.45) is 0 Å². The van der Waals surface area contributed by atoms with Crippen LogP contribution in [0, 0.1) is 6.92 Å². The van der Waals surface area contributed by atoms with Gasteiger partial charge in [-0.1, -0.05) is 17.7 Å². The van der Waals surface area contributed by atoms with E-state index >= 15 is 0 Å². The Morgan fingerprint density at radius 2 is 1.78 bits per heavy atom. The Hall–Kier alpha value is -1.06. The van der Waals surface area contributed by atoms with Gasteiger partial charge in [0.2, 0.25) is 0 Å². The normalized spacial score (nSPS) is 22.7. The number of benzene rings is 1. The van der Waals surface area contributed by atoms with Crippen LogP contribution in [0.5, 0.6) is 5.75 Å². The highest BCUT2D eigenvalue weighted by Crippen LogP contribution is 2.22. The summed E-state index contributed by atoms with van der Waals surface area (Å²) >= 11 is 0. The molecule has 0 aromatic heterocycles. The molecule has 0 aliphatic carbocycles. The van der Waals surface area contributed by atoms with E-state index in [1.807, 2.05) is 0 Å². The van der Waals surface area contributed by atoms with E-state index in [1.165, 1.54) is 5.56 Å². The maximum absolute atomic E-state index is 6.03. The number of nitrogens with zero attached hydrogens (tertiary/aromatic N) is 1. The number of piperidine rings is 1. The molecule has 3 nitrogen and oxygen atoms in total. The van der Waals surface area contributed by atoms with Crippen molar-refractivity contribution in [3.63, 3.8) is 0 Å². The summed E-state index contributed by atoms with van der Waals surface area (Å²) in [4.78, 5) is 2.54. The molecule has 3 heteroatoms. The van der Waals surface area contributed by atoms with Crippen LogP contribution < -0.4 is 4.74 Å². The Bertz CT molecular complexity index is 378. The molecule has 0 amide bonds. The van der Waals surface area contributed by atoms with Crippen LogP contribution in [0.15, 0.2) is 24.3 Å². The van der Waals surface area contributed by atoms with Crippen LogP contribution in [0.4, 0.5) is 0 Å². The lowest BCUT2D eigenvalue weighted by Crippen LogP contribution is -2.52. The third-order valence-corrected chi connectivity index (χ3v) is 3.94. The van der Waals surface area contributed by atoms with Gasteiger partial charge in [-0.15, -0.1) is 0 Å². The van der Waals surface area contributed by atoms with E-state index in [0.29, 0.717) is 12.1 Å². The zero-order valence-corrected chi connectivity index (χ0v) is 11.0. The number of aryl methyl sites for hydroxylation is 1. The van der Waals surface area contributed by atoms with Gasteiger partial charge in [0, 0.05) is 13.1 Å². The molecule has 2 aliphatic rings. The molecule has 0 radical (unpaired) electrons. The van der Waals surface area contributed by atoms with E-state index in [2.05, 4.69) is 36.1 Å². The van der Waals surface area contributed by atoms with E-state index in [9.17, 15) is 0 Å². The number of rotatable bonds is 3. The molecule has 98 valence electrons. The summed E-state index contributed by atoms with van der Waals surface area (Å²) in [6, 6.07) is 9.03. The van der Waals surface area contributed by atoms with Crippen molar-refractivity contribution < 1.29 is 9.47 Å². The van der Waals surface area contributed by atoms with Gasteiger partial charge in [0.15, 0.2) is 0 Å². The third-order valence-electron chi connectivity index (χ3n) is 3.94. The van der Waals surface area contributed by atoms with Gasteiger partial charge in [-0.3, -0.25) is 4.90 Å². The van der Waals surface area contributed by atoms with Gasteiger partial charge in [0.05, 0.1) is 19.3 Å². The Balaban J connectivity index is 1.48. The summed E-state index contributed by atoms with van der Waals surface area (Å²) in [6.45, 7) is 6.23. The van der Waals surface area contributed by atoms with Crippen LogP contribution in [0.3, 0.4) is 0 Å². The molecule has 2 saturated heterocycles. The molecule has 2 heterocycles. The van der Waals surface area contributed by atoms with Gasteiger partial charge < -0.3 is 9.47 Å². The van der Waals surface area contributed by atoms with E-state index in [-0.39, 0.29) is 0 Å². The highest BCUT2D eigenvalue weighted by molar-refractivity contribution is 5.26. The maximum Gasteiger partial charge on any atom is 0.119 e. The predicted octanol–water partition coefficient (Wildman–Crippen LogP) is 2.24. The summed E-state index contributed by atoms with van der Waals surface area (Å²) in [5, 5.41) is 0. The maximum atomic E-state index is 6.03. The quantitative estimate of drug-likeness (QED) is 0.817. The standard InChI is InChI=1S/C15H21NO2/c1-12-2-4-14(5-3-12)18-15-6-8-16(9-7-15)13-10-17-11-13/h2-5,13,15H,6-11H2,1H3. The molecule has 1 aromatic carbocycles. The SMILES string of the molecule is Cc1ccc(OC2CCN(C3COC3)CC2)cc1. The topological polar surface area (TPSA) is 21.7 Å². The Kier molecular flexibility index (Phi) is 3.52. The lowest BCUT2D eigenvalue weighted by molar-refractivity contribution is -0.0778. The number of ether oxygens (including phenoxy) is 2. The van der Waals surface area contributed by atoms with Crippen LogP contribution in [-0.4, -0.2) is 43.3 Å². The second kappa shape index (κ2) is 5.29. The number of hydrogen-bond acceptors (Lipinski definition) is 3. The summed E-state index contributed by atoms with van der Waals surface area (Å²) in [5.41, 5.74) is 1.28. The Labute approximate surface area is 109 Å². The van der Waals surface area contributed by atoms with Crippen molar-refractivity contribution in [3.05, 3.63) is 29.8 Å². The van der Waals surface area contributed by atoms with Crippen LogP contribution in [0.25, 0.3) is 0 Å². The van der Waals surface area contributed by atoms with E-state index in [0.717, 1.165) is 44.9 Å². The van der Waals surface area contributed by atoms with Gasteiger partial charge in [0.25, 0.3) is 0 Å². The van der Waals surface area contributed by atoms with Crippen molar-refractivity contribution in [1.82, 2.24) is 4.90 Å². The molecule has 0 saturated carbocycles. The first-order valence-corrected chi connectivity index (χ1v) is 6.86. The van der Waals surface area contributed by atoms with Crippen molar-refractivity contribution in [3.8, 4) is 5.75 Å². The molecule has 3 rings (SSSR count). The van der Waals surface area contributed by atoms with E-state index < -0.39 is 0 Å².